The quantitative estimate of drug-likeness (QED) is 0.200. The maximum absolute atomic E-state index is 12.7. The van der Waals surface area contributed by atoms with Gasteiger partial charge in [0.1, 0.15) is 11.5 Å². The highest BCUT2D eigenvalue weighted by atomic mass is 32.2. The van der Waals surface area contributed by atoms with E-state index in [2.05, 4.69) is 6.92 Å². The highest BCUT2D eigenvalue weighted by Crippen LogP contribution is 2.22. The number of carbonyl (C=O) groups excluding carboxylic acids is 1. The molecule has 1 aromatic carbocycles. The molecule has 0 N–H and O–H groups in total. The fourth-order valence-corrected chi connectivity index (χ4v) is 4.20. The lowest BCUT2D eigenvalue weighted by Gasteiger charge is -2.15. The summed E-state index contributed by atoms with van der Waals surface area (Å²) < 4.78 is 46.0. The number of carbonyl (C=O) groups is 1. The van der Waals surface area contributed by atoms with E-state index in [0.29, 0.717) is 19.6 Å². The third-order valence-corrected chi connectivity index (χ3v) is 6.00. The minimum Gasteiger partial charge on any atom is -0.460 e. The van der Waals surface area contributed by atoms with Gasteiger partial charge in [0.2, 0.25) is 0 Å². The van der Waals surface area contributed by atoms with Gasteiger partial charge in [0.25, 0.3) is 10.1 Å². The molecule has 1 atom stereocenters. The second-order valence-electron chi connectivity index (χ2n) is 7.15. The molecule has 0 saturated heterocycles. The summed E-state index contributed by atoms with van der Waals surface area (Å²) in [5, 5.41) is 0. The highest BCUT2D eigenvalue weighted by molar-refractivity contribution is 7.86. The molecule has 0 fully saturated rings. The molecule has 1 rings (SSSR count). The van der Waals surface area contributed by atoms with E-state index in [4.69, 9.17) is 18.4 Å². The van der Waals surface area contributed by atoms with Gasteiger partial charge in [-0.15, -0.1) is 0 Å². The van der Waals surface area contributed by atoms with E-state index in [-0.39, 0.29) is 23.7 Å². The Balaban J connectivity index is 2.57. The first kappa shape index (κ1) is 26.6. The van der Waals surface area contributed by atoms with Crippen LogP contribution >= 0.6 is 0 Å². The molecular weight excluding hydrogens is 408 g/mol. The maximum Gasteiger partial charge on any atom is 0.339 e. The van der Waals surface area contributed by atoms with Crippen molar-refractivity contribution in [3.8, 4) is 0 Å². The van der Waals surface area contributed by atoms with Crippen LogP contribution in [0.2, 0.25) is 0 Å². The van der Waals surface area contributed by atoms with E-state index in [9.17, 15) is 13.2 Å². The van der Waals surface area contributed by atoms with Crippen LogP contribution in [-0.2, 0) is 28.5 Å². The van der Waals surface area contributed by atoms with Crippen molar-refractivity contribution in [3.05, 3.63) is 29.8 Å². The molecule has 0 aliphatic rings. The number of ether oxygens (including phenoxy) is 3. The molecule has 0 spiro atoms. The molecule has 0 aromatic heterocycles. The minimum atomic E-state index is -4.08. The summed E-state index contributed by atoms with van der Waals surface area (Å²) in [6.45, 7) is 4.97. The first-order valence-electron chi connectivity index (χ1n) is 10.7. The van der Waals surface area contributed by atoms with Gasteiger partial charge in [0.05, 0.1) is 31.5 Å². The minimum absolute atomic E-state index is 0.0201. The van der Waals surface area contributed by atoms with Crippen molar-refractivity contribution in [1.29, 1.82) is 0 Å². The van der Waals surface area contributed by atoms with Gasteiger partial charge in [-0.3, -0.25) is 4.18 Å². The van der Waals surface area contributed by atoms with Crippen molar-refractivity contribution >= 4 is 16.1 Å². The van der Waals surface area contributed by atoms with Gasteiger partial charge in [-0.2, -0.15) is 8.42 Å². The summed E-state index contributed by atoms with van der Waals surface area (Å²) >= 11 is 0. The summed E-state index contributed by atoms with van der Waals surface area (Å²) in [4.78, 5) is 12.2. The van der Waals surface area contributed by atoms with Crippen LogP contribution in [0, 0.1) is 0 Å². The van der Waals surface area contributed by atoms with Gasteiger partial charge < -0.3 is 14.2 Å². The molecule has 7 nitrogen and oxygen atoms in total. The average Bonchev–Trinajstić information content (AvgIpc) is 2.72. The standard InChI is InChI=1S/C22H36O7S/c1-4-5-6-7-8-9-12-19(2)29-30(24,25)21-14-11-10-13-20(21)22(23)28-18-17-27-16-15-26-3/h10-11,13-14,19H,4-9,12,15-18H2,1-3H3/t19-/m1/s1. The van der Waals surface area contributed by atoms with Crippen molar-refractivity contribution in [3.63, 3.8) is 0 Å². The summed E-state index contributed by atoms with van der Waals surface area (Å²) in [6, 6.07) is 5.92. The van der Waals surface area contributed by atoms with Gasteiger partial charge in [-0.1, -0.05) is 57.6 Å². The molecule has 30 heavy (non-hydrogen) atoms. The predicted octanol–water partition coefficient (Wildman–Crippen LogP) is 4.35. The molecule has 0 unspecified atom stereocenters. The third-order valence-electron chi connectivity index (χ3n) is 4.52. The fraction of sp³-hybridized carbons (Fsp3) is 0.682. The van der Waals surface area contributed by atoms with Gasteiger partial charge in [0, 0.05) is 7.11 Å². The van der Waals surface area contributed by atoms with Crippen molar-refractivity contribution in [2.45, 2.75) is 69.8 Å². The monoisotopic (exact) mass is 444 g/mol. The van der Waals surface area contributed by atoms with Crippen LogP contribution in [0.25, 0.3) is 0 Å². The average molecular weight is 445 g/mol. The van der Waals surface area contributed by atoms with E-state index in [1.54, 1.807) is 26.2 Å². The lowest BCUT2D eigenvalue weighted by atomic mass is 10.1. The number of hydrogen-bond acceptors (Lipinski definition) is 7. The molecule has 0 aliphatic carbocycles. The van der Waals surface area contributed by atoms with Crippen LogP contribution < -0.4 is 0 Å². The number of esters is 1. The number of benzene rings is 1. The highest BCUT2D eigenvalue weighted by Gasteiger charge is 2.25. The lowest BCUT2D eigenvalue weighted by Crippen LogP contribution is -2.19. The Kier molecular flexibility index (Phi) is 13.6. The molecule has 0 radical (unpaired) electrons. The summed E-state index contributed by atoms with van der Waals surface area (Å²) in [5.41, 5.74) is -0.0406. The van der Waals surface area contributed by atoms with E-state index in [1.807, 2.05) is 0 Å². The first-order chi connectivity index (χ1) is 14.4. The van der Waals surface area contributed by atoms with Crippen LogP contribution in [-0.4, -0.2) is 54.0 Å². The predicted molar refractivity (Wildman–Crippen MR) is 115 cm³/mol. The van der Waals surface area contributed by atoms with Crippen molar-refractivity contribution < 1.29 is 31.6 Å². The molecule has 172 valence electrons. The van der Waals surface area contributed by atoms with Gasteiger partial charge in [0.15, 0.2) is 0 Å². The van der Waals surface area contributed by atoms with E-state index >= 15 is 0 Å². The molecule has 0 aliphatic heterocycles. The number of methoxy groups -OCH3 is 1. The van der Waals surface area contributed by atoms with Crippen molar-refractivity contribution in [2.24, 2.45) is 0 Å². The zero-order chi connectivity index (χ0) is 22.2. The maximum atomic E-state index is 12.7. The van der Waals surface area contributed by atoms with Crippen molar-refractivity contribution in [1.82, 2.24) is 0 Å². The molecule has 0 amide bonds. The smallest absolute Gasteiger partial charge is 0.339 e. The van der Waals surface area contributed by atoms with Crippen LogP contribution in [0.5, 0.6) is 0 Å². The second-order valence-corrected chi connectivity index (χ2v) is 8.70. The zero-order valence-electron chi connectivity index (χ0n) is 18.4. The normalized spacial score (nSPS) is 12.6. The number of unbranched alkanes of at least 4 members (excludes halogenated alkanes) is 5. The van der Waals surface area contributed by atoms with E-state index in [1.165, 1.54) is 31.4 Å². The molecule has 0 bridgehead atoms. The largest absolute Gasteiger partial charge is 0.460 e. The topological polar surface area (TPSA) is 88.1 Å². The fourth-order valence-electron chi connectivity index (χ4n) is 2.90. The van der Waals surface area contributed by atoms with Crippen LogP contribution in [0.15, 0.2) is 29.2 Å². The number of hydrogen-bond donors (Lipinski definition) is 0. The Bertz CT molecular complexity index is 703. The Morgan fingerprint density at radius 3 is 2.37 bits per heavy atom. The zero-order valence-corrected chi connectivity index (χ0v) is 19.2. The molecule has 0 heterocycles. The van der Waals surface area contributed by atoms with Crippen molar-refractivity contribution in [2.75, 3.05) is 33.5 Å². The summed E-state index contributed by atoms with van der Waals surface area (Å²) in [5.74, 6) is -0.725. The third kappa shape index (κ3) is 10.5. The van der Waals surface area contributed by atoms with E-state index in [0.717, 1.165) is 19.3 Å². The van der Waals surface area contributed by atoms with Crippen LogP contribution in [0.1, 0.15) is 69.2 Å². The second kappa shape index (κ2) is 15.3. The Morgan fingerprint density at radius 1 is 0.967 bits per heavy atom. The first-order valence-corrected chi connectivity index (χ1v) is 12.1. The molecular formula is C22H36O7S. The van der Waals surface area contributed by atoms with Crippen LogP contribution in [0.4, 0.5) is 0 Å². The van der Waals surface area contributed by atoms with Gasteiger partial charge in [-0.05, 0) is 25.5 Å². The Morgan fingerprint density at radius 2 is 1.63 bits per heavy atom. The number of rotatable bonds is 17. The lowest BCUT2D eigenvalue weighted by molar-refractivity contribution is 0.0210. The Labute approximate surface area is 181 Å². The van der Waals surface area contributed by atoms with Crippen LogP contribution in [0.3, 0.4) is 0 Å². The van der Waals surface area contributed by atoms with Gasteiger partial charge in [-0.25, -0.2) is 4.79 Å². The molecule has 1 aromatic rings. The van der Waals surface area contributed by atoms with Gasteiger partial charge >= 0.3 is 5.97 Å². The molecule has 0 saturated carbocycles. The summed E-state index contributed by atoms with van der Waals surface area (Å²) in [6.07, 6.45) is 6.94. The van der Waals surface area contributed by atoms with E-state index < -0.39 is 22.2 Å². The molecule has 8 heteroatoms. The Hall–Kier alpha value is -1.48. The summed E-state index contributed by atoms with van der Waals surface area (Å²) in [7, 11) is -2.51. The SMILES string of the molecule is CCCCCCCC[C@@H](C)OS(=O)(=O)c1ccccc1C(=O)OCCOCCOC.